The average Bonchev–Trinajstić information content (AvgIpc) is 2.10. The third kappa shape index (κ3) is 3.26. The molecule has 0 amide bonds. The Labute approximate surface area is 103 Å². The summed E-state index contributed by atoms with van der Waals surface area (Å²) in [5.74, 6) is 0.448. The van der Waals surface area contributed by atoms with Crippen LogP contribution in [0, 0.1) is 0 Å². The number of hydrogen-bond donors (Lipinski definition) is 0. The van der Waals surface area contributed by atoms with Crippen molar-refractivity contribution in [3.05, 3.63) is 28.2 Å². The molecule has 2 nitrogen and oxygen atoms in total. The Morgan fingerprint density at radius 3 is 2.33 bits per heavy atom. The van der Waals surface area contributed by atoms with Crippen molar-refractivity contribution in [1.29, 1.82) is 0 Å². The molecule has 0 aliphatic rings. The molecule has 0 spiro atoms. The molecule has 0 fully saturated rings. The molecule has 0 radical (unpaired) electrons. The minimum absolute atomic E-state index is 0.368. The van der Waals surface area contributed by atoms with Gasteiger partial charge >= 0.3 is 0 Å². The lowest BCUT2D eigenvalue weighted by Crippen LogP contribution is -2.34. The Morgan fingerprint density at radius 2 is 1.87 bits per heavy atom. The zero-order valence-corrected chi connectivity index (χ0v) is 10.5. The summed E-state index contributed by atoms with van der Waals surface area (Å²) in [6, 6.07) is 4.75. The van der Waals surface area contributed by atoms with E-state index in [2.05, 4.69) is 0 Å². The van der Waals surface area contributed by atoms with Crippen LogP contribution in [-0.4, -0.2) is 10.8 Å². The maximum Gasteiger partial charge on any atom is 0.264 e. The first-order valence-electron chi connectivity index (χ1n) is 4.17. The Kier molecular flexibility index (Phi) is 3.87. The van der Waals surface area contributed by atoms with Crippen molar-refractivity contribution in [2.75, 3.05) is 0 Å². The zero-order valence-electron chi connectivity index (χ0n) is 8.18. The molecule has 0 heterocycles. The van der Waals surface area contributed by atoms with E-state index >= 15 is 0 Å². The highest BCUT2D eigenvalue weighted by atomic mass is 35.5. The quantitative estimate of drug-likeness (QED) is 0.776. The van der Waals surface area contributed by atoms with Crippen LogP contribution in [0.2, 0.25) is 10.0 Å². The Balaban J connectivity index is 2.91. The van der Waals surface area contributed by atoms with Crippen LogP contribution in [0.4, 0.5) is 0 Å². The van der Waals surface area contributed by atoms with Crippen molar-refractivity contribution in [3.8, 4) is 5.75 Å². The Morgan fingerprint density at radius 1 is 1.27 bits per heavy atom. The van der Waals surface area contributed by atoms with Gasteiger partial charge in [0.2, 0.25) is 0 Å². The van der Waals surface area contributed by atoms with Gasteiger partial charge in [-0.3, -0.25) is 4.79 Å². The van der Waals surface area contributed by atoms with Gasteiger partial charge in [0.1, 0.15) is 5.75 Å². The van der Waals surface area contributed by atoms with Crippen molar-refractivity contribution < 1.29 is 9.53 Å². The summed E-state index contributed by atoms with van der Waals surface area (Å²) in [4.78, 5) is 11.0. The summed E-state index contributed by atoms with van der Waals surface area (Å²) in [6.07, 6.45) is 0. The molecule has 1 aromatic carbocycles. The van der Waals surface area contributed by atoms with Gasteiger partial charge in [0.15, 0.2) is 5.60 Å². The molecular formula is C10H9Cl3O2. The first-order valence-corrected chi connectivity index (χ1v) is 5.30. The van der Waals surface area contributed by atoms with Gasteiger partial charge in [-0.05, 0) is 37.6 Å². The number of carbonyl (C=O) groups is 1. The molecule has 0 N–H and O–H groups in total. The first-order chi connectivity index (χ1) is 6.83. The SMILES string of the molecule is CC(C)(Oc1ccc(Cl)c(Cl)c1)C(=O)Cl. The van der Waals surface area contributed by atoms with Gasteiger partial charge in [0, 0.05) is 6.07 Å². The number of ether oxygens (including phenoxy) is 1. The molecule has 82 valence electrons. The fourth-order valence-corrected chi connectivity index (χ4v) is 1.20. The van der Waals surface area contributed by atoms with E-state index in [4.69, 9.17) is 39.5 Å². The van der Waals surface area contributed by atoms with E-state index < -0.39 is 10.8 Å². The molecule has 0 saturated carbocycles. The summed E-state index contributed by atoms with van der Waals surface area (Å²) < 4.78 is 5.37. The topological polar surface area (TPSA) is 26.3 Å². The molecule has 5 heteroatoms. The maximum absolute atomic E-state index is 11.0. The number of hydrogen-bond acceptors (Lipinski definition) is 2. The van der Waals surface area contributed by atoms with E-state index in [0.717, 1.165) is 0 Å². The molecule has 1 rings (SSSR count). The van der Waals surface area contributed by atoms with E-state index in [-0.39, 0.29) is 0 Å². The highest BCUT2D eigenvalue weighted by molar-refractivity contribution is 6.65. The standard InChI is InChI=1S/C10H9Cl3O2/c1-10(2,9(13)14)15-6-3-4-7(11)8(12)5-6/h3-5H,1-2H3. The molecule has 15 heavy (non-hydrogen) atoms. The minimum atomic E-state index is -1.08. The van der Waals surface area contributed by atoms with Gasteiger partial charge in [-0.15, -0.1) is 0 Å². The van der Waals surface area contributed by atoms with E-state index in [9.17, 15) is 4.79 Å². The lowest BCUT2D eigenvalue weighted by molar-refractivity contribution is -0.123. The van der Waals surface area contributed by atoms with Gasteiger partial charge < -0.3 is 4.74 Å². The number of carbonyl (C=O) groups excluding carboxylic acids is 1. The third-order valence-corrected chi connectivity index (χ3v) is 2.93. The van der Waals surface area contributed by atoms with Crippen molar-refractivity contribution in [2.24, 2.45) is 0 Å². The van der Waals surface area contributed by atoms with Crippen LogP contribution in [0.15, 0.2) is 18.2 Å². The summed E-state index contributed by atoms with van der Waals surface area (Å²) in [5.41, 5.74) is -1.08. The van der Waals surface area contributed by atoms with E-state index in [1.165, 1.54) is 6.07 Å². The first kappa shape index (κ1) is 12.6. The van der Waals surface area contributed by atoms with Crippen molar-refractivity contribution in [3.63, 3.8) is 0 Å². The molecular weight excluding hydrogens is 258 g/mol. The van der Waals surface area contributed by atoms with Crippen LogP contribution in [0.25, 0.3) is 0 Å². The monoisotopic (exact) mass is 266 g/mol. The van der Waals surface area contributed by atoms with Gasteiger partial charge in [0.25, 0.3) is 5.24 Å². The van der Waals surface area contributed by atoms with E-state index in [0.29, 0.717) is 15.8 Å². The fourth-order valence-electron chi connectivity index (χ4n) is 0.875. The number of rotatable bonds is 3. The van der Waals surface area contributed by atoms with Crippen molar-refractivity contribution in [2.45, 2.75) is 19.4 Å². The summed E-state index contributed by atoms with van der Waals surface area (Å²) in [5, 5.41) is 0.222. The molecule has 1 aromatic rings. The number of benzene rings is 1. The molecule has 0 saturated heterocycles. The second-order valence-electron chi connectivity index (χ2n) is 3.46. The third-order valence-electron chi connectivity index (χ3n) is 1.74. The van der Waals surface area contributed by atoms with Crippen LogP contribution in [0.5, 0.6) is 5.75 Å². The molecule has 0 aliphatic heterocycles. The van der Waals surface area contributed by atoms with E-state index in [1.54, 1.807) is 26.0 Å². The number of halogens is 3. The summed E-state index contributed by atoms with van der Waals surface area (Å²) >= 11 is 16.9. The molecule has 0 unspecified atom stereocenters. The fraction of sp³-hybridized carbons (Fsp3) is 0.300. The van der Waals surface area contributed by atoms with Gasteiger partial charge in [0.05, 0.1) is 10.0 Å². The lowest BCUT2D eigenvalue weighted by Gasteiger charge is -2.22. The second kappa shape index (κ2) is 4.60. The van der Waals surface area contributed by atoms with Crippen LogP contribution >= 0.6 is 34.8 Å². The Bertz CT molecular complexity index is 388. The van der Waals surface area contributed by atoms with Gasteiger partial charge in [-0.25, -0.2) is 0 Å². The van der Waals surface area contributed by atoms with Gasteiger partial charge in [-0.2, -0.15) is 0 Å². The Hall–Kier alpha value is -0.440. The van der Waals surface area contributed by atoms with Crippen LogP contribution < -0.4 is 4.74 Å². The predicted molar refractivity (Wildman–Crippen MR) is 62.0 cm³/mol. The molecule has 0 aliphatic carbocycles. The van der Waals surface area contributed by atoms with E-state index in [1.807, 2.05) is 0 Å². The van der Waals surface area contributed by atoms with Crippen LogP contribution in [-0.2, 0) is 4.79 Å². The van der Waals surface area contributed by atoms with Gasteiger partial charge in [-0.1, -0.05) is 23.2 Å². The highest BCUT2D eigenvalue weighted by Gasteiger charge is 2.28. The van der Waals surface area contributed by atoms with Crippen LogP contribution in [0.3, 0.4) is 0 Å². The smallest absolute Gasteiger partial charge is 0.264 e. The van der Waals surface area contributed by atoms with Crippen molar-refractivity contribution in [1.82, 2.24) is 0 Å². The summed E-state index contributed by atoms with van der Waals surface area (Å²) in [6.45, 7) is 3.15. The predicted octanol–water partition coefficient (Wildman–Crippen LogP) is 3.92. The highest BCUT2D eigenvalue weighted by Crippen LogP contribution is 2.28. The normalized spacial score (nSPS) is 11.3. The minimum Gasteiger partial charge on any atom is -0.479 e. The molecule has 0 bridgehead atoms. The maximum atomic E-state index is 11.0. The van der Waals surface area contributed by atoms with Crippen LogP contribution in [0.1, 0.15) is 13.8 Å². The molecule has 0 aromatic heterocycles. The lowest BCUT2D eigenvalue weighted by atomic mass is 10.1. The average molecular weight is 268 g/mol. The van der Waals surface area contributed by atoms with Crippen molar-refractivity contribution >= 4 is 40.0 Å². The largest absolute Gasteiger partial charge is 0.479 e. The zero-order chi connectivity index (χ0) is 11.6. The summed E-state index contributed by atoms with van der Waals surface area (Å²) in [7, 11) is 0. The molecule has 0 atom stereocenters. The second-order valence-corrected chi connectivity index (χ2v) is 4.62.